The Hall–Kier alpha value is -2.98. The van der Waals surface area contributed by atoms with Crippen LogP contribution in [0.25, 0.3) is 10.2 Å². The maximum atomic E-state index is 14.3. The van der Waals surface area contributed by atoms with Gasteiger partial charge in [0.25, 0.3) is 0 Å². The van der Waals surface area contributed by atoms with E-state index in [1.165, 1.54) is 11.3 Å². The summed E-state index contributed by atoms with van der Waals surface area (Å²) in [4.78, 5) is 21.8. The largest absolute Gasteiger partial charge is 0.367 e. The minimum Gasteiger partial charge on any atom is -0.367 e. The molecule has 1 fully saturated rings. The molecule has 4 heteroatoms. The lowest BCUT2D eigenvalue weighted by Crippen LogP contribution is -2.57. The summed E-state index contributed by atoms with van der Waals surface area (Å²) in [6, 6.07) is 26.8. The van der Waals surface area contributed by atoms with Crippen molar-refractivity contribution in [2.75, 3.05) is 11.4 Å². The SMILES string of the molecule is O=C(c1ccccc1)[C@]1(c2nc3ccccc3s2)Cc2ccccc2N2CCC[C@H]21. The molecule has 6 rings (SSSR count). The Morgan fingerprint density at radius 2 is 1.73 bits per heavy atom. The van der Waals surface area contributed by atoms with Crippen LogP contribution in [0.2, 0.25) is 0 Å². The number of thiazole rings is 1. The molecule has 0 saturated carbocycles. The maximum Gasteiger partial charge on any atom is 0.178 e. The standard InChI is InChI=1S/C26H22N2OS/c29-24(18-9-2-1-3-10-18)26(25-27-20-12-5-7-14-22(20)30-25)17-19-11-4-6-13-21(19)28-16-8-15-23(26)28/h1-7,9-14,23H,8,15-17H2/t23-,26-/m0/s1. The monoisotopic (exact) mass is 410 g/mol. The van der Waals surface area contributed by atoms with Crippen LogP contribution in [0.3, 0.4) is 0 Å². The van der Waals surface area contributed by atoms with Gasteiger partial charge in [-0.25, -0.2) is 4.98 Å². The summed E-state index contributed by atoms with van der Waals surface area (Å²) in [6.07, 6.45) is 2.83. The summed E-state index contributed by atoms with van der Waals surface area (Å²) in [7, 11) is 0. The van der Waals surface area contributed by atoms with Gasteiger partial charge >= 0.3 is 0 Å². The van der Waals surface area contributed by atoms with E-state index in [-0.39, 0.29) is 11.8 Å². The third kappa shape index (κ3) is 2.50. The number of nitrogens with zero attached hydrogens (tertiary/aromatic N) is 2. The van der Waals surface area contributed by atoms with Crippen LogP contribution in [-0.4, -0.2) is 23.4 Å². The fraction of sp³-hybridized carbons (Fsp3) is 0.231. The second kappa shape index (κ2) is 6.78. The van der Waals surface area contributed by atoms with Gasteiger partial charge in [-0.3, -0.25) is 4.79 Å². The minimum absolute atomic E-state index is 0.140. The third-order valence-electron chi connectivity index (χ3n) is 6.71. The lowest BCUT2D eigenvalue weighted by molar-refractivity contribution is 0.0849. The zero-order valence-corrected chi connectivity index (χ0v) is 17.4. The molecule has 0 unspecified atom stereocenters. The lowest BCUT2D eigenvalue weighted by atomic mass is 9.67. The van der Waals surface area contributed by atoms with Gasteiger partial charge in [-0.15, -0.1) is 11.3 Å². The van der Waals surface area contributed by atoms with Gasteiger partial charge in [-0.05, 0) is 43.0 Å². The number of fused-ring (bicyclic) bond motifs is 4. The topological polar surface area (TPSA) is 33.2 Å². The van der Waals surface area contributed by atoms with Crippen molar-refractivity contribution in [3.05, 3.63) is 95.0 Å². The molecule has 2 atom stereocenters. The van der Waals surface area contributed by atoms with E-state index < -0.39 is 5.41 Å². The van der Waals surface area contributed by atoms with E-state index in [1.54, 1.807) is 11.3 Å². The van der Waals surface area contributed by atoms with E-state index in [9.17, 15) is 4.79 Å². The first-order valence-corrected chi connectivity index (χ1v) is 11.4. The average Bonchev–Trinajstić information content (AvgIpc) is 3.46. The van der Waals surface area contributed by atoms with Crippen molar-refractivity contribution >= 4 is 33.0 Å². The molecule has 4 aromatic rings. The normalized spacial score (nSPS) is 22.7. The van der Waals surface area contributed by atoms with Crippen LogP contribution in [-0.2, 0) is 11.8 Å². The highest BCUT2D eigenvalue weighted by Crippen LogP contribution is 2.50. The van der Waals surface area contributed by atoms with Crippen molar-refractivity contribution in [3.63, 3.8) is 0 Å². The Bertz CT molecular complexity index is 1220. The number of hydrogen-bond acceptors (Lipinski definition) is 4. The molecule has 0 amide bonds. The molecule has 3 heterocycles. The first-order valence-electron chi connectivity index (χ1n) is 10.6. The van der Waals surface area contributed by atoms with Crippen LogP contribution in [0.5, 0.6) is 0 Å². The van der Waals surface area contributed by atoms with Crippen LogP contribution in [0.1, 0.15) is 33.8 Å². The number of rotatable bonds is 3. The van der Waals surface area contributed by atoms with Crippen molar-refractivity contribution in [3.8, 4) is 0 Å². The van der Waals surface area contributed by atoms with E-state index >= 15 is 0 Å². The van der Waals surface area contributed by atoms with Gasteiger partial charge in [0.1, 0.15) is 10.4 Å². The van der Waals surface area contributed by atoms with Crippen molar-refractivity contribution in [1.29, 1.82) is 0 Å². The van der Waals surface area contributed by atoms with Gasteiger partial charge in [-0.1, -0.05) is 60.7 Å². The maximum absolute atomic E-state index is 14.3. The summed E-state index contributed by atoms with van der Waals surface area (Å²) in [5.41, 5.74) is 3.65. The number of hydrogen-bond donors (Lipinski definition) is 0. The fourth-order valence-corrected chi connectivity index (χ4v) is 6.58. The molecule has 148 valence electrons. The van der Waals surface area contributed by atoms with Gasteiger partial charge in [0.15, 0.2) is 5.78 Å². The van der Waals surface area contributed by atoms with Crippen molar-refractivity contribution < 1.29 is 4.79 Å². The van der Waals surface area contributed by atoms with Crippen LogP contribution in [0.15, 0.2) is 78.9 Å². The predicted molar refractivity (Wildman–Crippen MR) is 123 cm³/mol. The van der Waals surface area contributed by atoms with Gasteiger partial charge in [0, 0.05) is 23.8 Å². The number of carbonyl (C=O) groups excluding carboxylic acids is 1. The molecule has 1 aromatic heterocycles. The second-order valence-corrected chi connectivity index (χ2v) is 9.34. The van der Waals surface area contributed by atoms with Crippen molar-refractivity contribution in [2.45, 2.75) is 30.7 Å². The van der Waals surface area contributed by atoms with Gasteiger partial charge in [0.2, 0.25) is 0 Å². The molecule has 0 bridgehead atoms. The Labute approximate surface area is 180 Å². The molecule has 3 nitrogen and oxygen atoms in total. The van der Waals surface area contributed by atoms with E-state index in [0.717, 1.165) is 40.2 Å². The lowest BCUT2D eigenvalue weighted by Gasteiger charge is -2.46. The van der Waals surface area contributed by atoms with Crippen molar-refractivity contribution in [1.82, 2.24) is 4.98 Å². The zero-order chi connectivity index (χ0) is 20.1. The van der Waals surface area contributed by atoms with Crippen LogP contribution >= 0.6 is 11.3 Å². The molecule has 0 aliphatic carbocycles. The number of ketones is 1. The molecule has 0 radical (unpaired) electrons. The molecule has 0 N–H and O–H groups in total. The molecule has 1 saturated heterocycles. The fourth-order valence-electron chi connectivity index (χ4n) is 5.38. The van der Waals surface area contributed by atoms with Crippen LogP contribution in [0, 0.1) is 0 Å². The summed E-state index contributed by atoms with van der Waals surface area (Å²) in [5.74, 6) is 0.202. The first kappa shape index (κ1) is 17.8. The average molecular weight is 411 g/mol. The summed E-state index contributed by atoms with van der Waals surface area (Å²) >= 11 is 1.69. The van der Waals surface area contributed by atoms with Crippen LogP contribution < -0.4 is 4.90 Å². The molecule has 30 heavy (non-hydrogen) atoms. The van der Waals surface area contributed by atoms with Gasteiger partial charge < -0.3 is 4.90 Å². The predicted octanol–water partition coefficient (Wildman–Crippen LogP) is 5.64. The highest BCUT2D eigenvalue weighted by atomic mass is 32.1. The number of benzene rings is 3. The summed E-state index contributed by atoms with van der Waals surface area (Å²) in [5, 5.41) is 0.962. The second-order valence-electron chi connectivity index (χ2n) is 8.31. The minimum atomic E-state index is -0.657. The van der Waals surface area contributed by atoms with Crippen LogP contribution in [0.4, 0.5) is 5.69 Å². The third-order valence-corrected chi connectivity index (χ3v) is 7.92. The summed E-state index contributed by atoms with van der Waals surface area (Å²) < 4.78 is 1.15. The number of carbonyl (C=O) groups is 1. The number of para-hydroxylation sites is 2. The highest BCUT2D eigenvalue weighted by Gasteiger charge is 2.56. The number of Topliss-reactive ketones (excluding diaryl/α,β-unsaturated/α-hetero) is 1. The number of anilines is 1. The first-order chi connectivity index (χ1) is 14.8. The Morgan fingerprint density at radius 3 is 2.60 bits per heavy atom. The molecular formula is C26H22N2OS. The molecular weight excluding hydrogens is 388 g/mol. The van der Waals surface area contributed by atoms with E-state index in [1.807, 2.05) is 42.5 Å². The molecule has 2 aliphatic rings. The quantitative estimate of drug-likeness (QED) is 0.410. The Balaban J connectivity index is 1.63. The number of aromatic nitrogens is 1. The molecule has 0 spiro atoms. The van der Waals surface area contributed by atoms with Gasteiger partial charge in [0.05, 0.1) is 10.2 Å². The smallest absolute Gasteiger partial charge is 0.178 e. The Morgan fingerprint density at radius 1 is 0.967 bits per heavy atom. The molecule has 2 aliphatic heterocycles. The zero-order valence-electron chi connectivity index (χ0n) is 16.6. The van der Waals surface area contributed by atoms with E-state index in [0.29, 0.717) is 6.42 Å². The van der Waals surface area contributed by atoms with Crippen molar-refractivity contribution in [2.24, 2.45) is 0 Å². The molecule has 3 aromatic carbocycles. The van der Waals surface area contributed by atoms with Gasteiger partial charge in [-0.2, -0.15) is 0 Å². The Kier molecular flexibility index (Phi) is 4.03. The van der Waals surface area contributed by atoms with E-state index in [4.69, 9.17) is 4.98 Å². The van der Waals surface area contributed by atoms with E-state index in [2.05, 4.69) is 41.3 Å². The summed E-state index contributed by atoms with van der Waals surface area (Å²) in [6.45, 7) is 0.996. The highest BCUT2D eigenvalue weighted by molar-refractivity contribution is 7.18.